The number of carbonyl (C=O) groups excluding carboxylic acids is 2. The molecular weight excluding hydrogens is 648 g/mol. The van der Waals surface area contributed by atoms with Crippen LogP contribution in [0.1, 0.15) is 62.0 Å². The van der Waals surface area contributed by atoms with E-state index >= 15 is 0 Å². The predicted octanol–water partition coefficient (Wildman–Crippen LogP) is 6.33. The average molecular weight is 685 g/mol. The summed E-state index contributed by atoms with van der Waals surface area (Å²) < 4.78 is 7.40. The van der Waals surface area contributed by atoms with Crippen LogP contribution in [0.25, 0.3) is 22.4 Å². The number of rotatable bonds is 10. The van der Waals surface area contributed by atoms with Gasteiger partial charge in [0.25, 0.3) is 11.8 Å². The van der Waals surface area contributed by atoms with E-state index < -0.39 is 4.92 Å². The zero-order valence-corrected chi connectivity index (χ0v) is 28.2. The third-order valence-electron chi connectivity index (χ3n) is 9.27. The number of likely N-dealkylation sites (tertiary alicyclic amines) is 1. The molecule has 1 aliphatic heterocycles. The van der Waals surface area contributed by atoms with Crippen molar-refractivity contribution in [2.24, 2.45) is 0 Å². The normalized spacial score (nSPS) is 13.3. The van der Waals surface area contributed by atoms with Gasteiger partial charge in [-0.05, 0) is 79.8 Å². The van der Waals surface area contributed by atoms with E-state index in [0.717, 1.165) is 28.0 Å². The topological polar surface area (TPSA) is 161 Å². The molecule has 0 aliphatic carbocycles. The minimum atomic E-state index is -0.487. The van der Waals surface area contributed by atoms with Crippen LogP contribution in [0.4, 0.5) is 5.69 Å². The number of imidazole rings is 1. The van der Waals surface area contributed by atoms with E-state index in [1.165, 1.54) is 17.2 Å². The molecule has 13 nitrogen and oxygen atoms in total. The molecule has 0 atom stereocenters. The fraction of sp³-hybridized carbons (Fsp3) is 0.237. The molecule has 0 saturated carbocycles. The van der Waals surface area contributed by atoms with Gasteiger partial charge in [0, 0.05) is 42.4 Å². The number of piperidine rings is 1. The van der Waals surface area contributed by atoms with Gasteiger partial charge in [0.2, 0.25) is 0 Å². The van der Waals surface area contributed by atoms with E-state index in [1.54, 1.807) is 58.2 Å². The van der Waals surface area contributed by atoms with Crippen molar-refractivity contribution in [1.82, 2.24) is 35.2 Å². The summed E-state index contributed by atoms with van der Waals surface area (Å²) in [4.78, 5) is 47.2. The third kappa shape index (κ3) is 7.32. The van der Waals surface area contributed by atoms with Crippen molar-refractivity contribution in [3.8, 4) is 17.1 Å². The van der Waals surface area contributed by atoms with Crippen LogP contribution in [-0.2, 0) is 13.2 Å². The second-order valence-corrected chi connectivity index (χ2v) is 12.7. The van der Waals surface area contributed by atoms with Gasteiger partial charge in [-0.15, -0.1) is 5.10 Å². The van der Waals surface area contributed by atoms with Gasteiger partial charge in [0.05, 0.1) is 28.2 Å². The SMILES string of the molecule is Cc1cc2nc(-c3ccc(CNC(=O)c4cccc(C(=O)N5CCC(n6cc(COc7ccccc7[N+](=O)[O-])nn6)CC5)c4)cc3)[nH]c2cc1C. The second kappa shape index (κ2) is 14.2. The molecule has 1 aliphatic rings. The Balaban J connectivity index is 0.904. The van der Waals surface area contributed by atoms with Crippen LogP contribution in [0.5, 0.6) is 5.75 Å². The van der Waals surface area contributed by atoms with Crippen molar-refractivity contribution in [3.63, 3.8) is 0 Å². The number of para-hydroxylation sites is 2. The molecule has 51 heavy (non-hydrogen) atoms. The highest BCUT2D eigenvalue weighted by Gasteiger charge is 2.26. The summed E-state index contributed by atoms with van der Waals surface area (Å²) in [6.07, 6.45) is 3.12. The van der Waals surface area contributed by atoms with E-state index in [4.69, 9.17) is 9.72 Å². The van der Waals surface area contributed by atoms with Crippen molar-refractivity contribution in [2.45, 2.75) is 45.9 Å². The number of benzene rings is 4. The maximum atomic E-state index is 13.4. The number of aryl methyl sites for hydroxylation is 2. The Kier molecular flexibility index (Phi) is 9.25. The number of hydrogen-bond donors (Lipinski definition) is 2. The summed E-state index contributed by atoms with van der Waals surface area (Å²) in [5.41, 5.74) is 7.55. The van der Waals surface area contributed by atoms with Crippen LogP contribution >= 0.6 is 0 Å². The van der Waals surface area contributed by atoms with Gasteiger partial charge >= 0.3 is 5.69 Å². The molecule has 6 aromatic rings. The van der Waals surface area contributed by atoms with Crippen molar-refractivity contribution < 1.29 is 19.2 Å². The Morgan fingerprint density at radius 1 is 0.961 bits per heavy atom. The van der Waals surface area contributed by atoms with Crippen molar-refractivity contribution in [3.05, 3.63) is 135 Å². The van der Waals surface area contributed by atoms with E-state index in [2.05, 4.69) is 46.6 Å². The van der Waals surface area contributed by atoms with E-state index in [9.17, 15) is 19.7 Å². The number of carbonyl (C=O) groups is 2. The van der Waals surface area contributed by atoms with E-state index in [0.29, 0.717) is 49.3 Å². The summed E-state index contributed by atoms with van der Waals surface area (Å²) in [5, 5.41) is 22.6. The van der Waals surface area contributed by atoms with Crippen LogP contribution in [-0.4, -0.2) is 59.7 Å². The zero-order valence-electron chi connectivity index (χ0n) is 28.2. The number of aromatic amines is 1. The molecule has 7 rings (SSSR count). The monoisotopic (exact) mass is 684 g/mol. The lowest BCUT2D eigenvalue weighted by Crippen LogP contribution is -2.39. The van der Waals surface area contributed by atoms with Crippen molar-refractivity contribution >= 4 is 28.5 Å². The van der Waals surface area contributed by atoms with Gasteiger partial charge in [-0.25, -0.2) is 9.67 Å². The highest BCUT2D eigenvalue weighted by atomic mass is 16.6. The number of amides is 2. The molecule has 2 amide bonds. The van der Waals surface area contributed by atoms with Crippen LogP contribution < -0.4 is 10.1 Å². The highest BCUT2D eigenvalue weighted by molar-refractivity contribution is 5.99. The standard InChI is InChI=1S/C38H36N8O5/c1-24-18-32-33(19-25(24)2)41-36(40-32)27-12-10-26(11-13-27)21-39-37(47)28-6-5-7-29(20-28)38(48)44-16-14-31(15-17-44)45-22-30(42-43-45)23-51-35-9-4-3-8-34(35)46(49)50/h3-13,18-20,22,31H,14-17,21,23H2,1-2H3,(H,39,47)(H,40,41). The summed E-state index contributed by atoms with van der Waals surface area (Å²) in [6, 6.07) is 25.1. The lowest BCUT2D eigenvalue weighted by Gasteiger charge is -2.32. The number of H-pyrrole nitrogens is 1. The Morgan fingerprint density at radius 2 is 1.71 bits per heavy atom. The van der Waals surface area contributed by atoms with Gasteiger partial charge in [-0.1, -0.05) is 47.7 Å². The molecule has 1 fully saturated rings. The molecule has 0 spiro atoms. The molecule has 0 radical (unpaired) electrons. The number of nitrogens with zero attached hydrogens (tertiary/aromatic N) is 6. The first-order valence-electron chi connectivity index (χ1n) is 16.7. The Labute approximate surface area is 293 Å². The summed E-state index contributed by atoms with van der Waals surface area (Å²) in [5.74, 6) is 0.570. The third-order valence-corrected chi connectivity index (χ3v) is 9.27. The maximum Gasteiger partial charge on any atom is 0.310 e. The Hall–Kier alpha value is -6.37. The summed E-state index contributed by atoms with van der Waals surface area (Å²) in [6.45, 7) is 5.58. The minimum Gasteiger partial charge on any atom is -0.480 e. The Bertz CT molecular complexity index is 2200. The Morgan fingerprint density at radius 3 is 2.49 bits per heavy atom. The molecule has 0 bridgehead atoms. The minimum absolute atomic E-state index is 0.0415. The molecule has 258 valence electrons. The largest absolute Gasteiger partial charge is 0.480 e. The molecule has 0 unspecified atom stereocenters. The predicted molar refractivity (Wildman–Crippen MR) is 190 cm³/mol. The molecule has 3 heterocycles. The molecule has 1 saturated heterocycles. The van der Waals surface area contributed by atoms with Gasteiger partial charge in [-0.3, -0.25) is 19.7 Å². The van der Waals surface area contributed by atoms with Gasteiger partial charge in [-0.2, -0.15) is 0 Å². The number of fused-ring (bicyclic) bond motifs is 1. The number of aromatic nitrogens is 5. The van der Waals surface area contributed by atoms with E-state index in [-0.39, 0.29) is 35.9 Å². The van der Waals surface area contributed by atoms with Crippen molar-refractivity contribution in [2.75, 3.05) is 13.1 Å². The molecule has 2 aromatic heterocycles. The number of nitrogens with one attached hydrogen (secondary N) is 2. The lowest BCUT2D eigenvalue weighted by atomic mass is 10.0. The van der Waals surface area contributed by atoms with Gasteiger partial charge in [0.15, 0.2) is 5.75 Å². The fourth-order valence-corrected chi connectivity index (χ4v) is 6.22. The first-order chi connectivity index (χ1) is 24.7. The summed E-state index contributed by atoms with van der Waals surface area (Å²) >= 11 is 0. The smallest absolute Gasteiger partial charge is 0.310 e. The second-order valence-electron chi connectivity index (χ2n) is 12.7. The average Bonchev–Trinajstić information content (AvgIpc) is 3.80. The molecule has 4 aromatic carbocycles. The number of nitro groups is 1. The van der Waals surface area contributed by atoms with Crippen LogP contribution in [0.2, 0.25) is 0 Å². The fourth-order valence-electron chi connectivity index (χ4n) is 6.22. The first kappa shape index (κ1) is 33.1. The number of ether oxygens (including phenoxy) is 1. The zero-order chi connectivity index (χ0) is 35.5. The summed E-state index contributed by atoms with van der Waals surface area (Å²) in [7, 11) is 0. The first-order valence-corrected chi connectivity index (χ1v) is 16.7. The van der Waals surface area contributed by atoms with Crippen LogP contribution in [0.3, 0.4) is 0 Å². The highest BCUT2D eigenvalue weighted by Crippen LogP contribution is 2.28. The van der Waals surface area contributed by atoms with Gasteiger partial charge < -0.3 is 19.9 Å². The maximum absolute atomic E-state index is 13.4. The lowest BCUT2D eigenvalue weighted by molar-refractivity contribution is -0.385. The van der Waals surface area contributed by atoms with Gasteiger partial charge in [0.1, 0.15) is 18.1 Å². The van der Waals surface area contributed by atoms with E-state index in [1.807, 2.05) is 24.3 Å². The number of hydrogen-bond acceptors (Lipinski definition) is 8. The number of nitro benzene ring substituents is 1. The molecule has 13 heteroatoms. The molecular formula is C38H36N8O5. The molecule has 2 N–H and O–H groups in total. The van der Waals surface area contributed by atoms with Crippen LogP contribution in [0, 0.1) is 24.0 Å². The quantitative estimate of drug-likeness (QED) is 0.125. The van der Waals surface area contributed by atoms with Crippen LogP contribution in [0.15, 0.2) is 91.1 Å². The van der Waals surface area contributed by atoms with Crippen molar-refractivity contribution in [1.29, 1.82) is 0 Å².